The van der Waals surface area contributed by atoms with Crippen LogP contribution in [0.1, 0.15) is 13.8 Å². The largest absolute Gasteiger partial charge is 0.300 e. The highest BCUT2D eigenvalue weighted by molar-refractivity contribution is 7.35. The number of rotatable bonds is 0. The molecule has 0 unspecified atom stereocenters. The van der Waals surface area contributed by atoms with Crippen LogP contribution in [0, 0.1) is 0 Å². The Morgan fingerprint density at radius 3 is 1.29 bits per heavy atom. The van der Waals surface area contributed by atoms with Gasteiger partial charge in [0.05, 0.1) is 0 Å². The molecule has 1 nitrogen and oxygen atoms in total. The van der Waals surface area contributed by atoms with Gasteiger partial charge in [0.25, 0.3) is 0 Å². The molecule has 0 aromatic heterocycles. The lowest BCUT2D eigenvalue weighted by Gasteiger charge is -1.56. The molecule has 0 aliphatic rings. The number of carbonyl (C=O) groups is 1. The maximum Gasteiger partial charge on any atom is 0.126 e. The van der Waals surface area contributed by atoms with Gasteiger partial charge in [-0.1, -0.05) is 0 Å². The summed E-state index contributed by atoms with van der Waals surface area (Å²) in [6.07, 6.45) is 0. The van der Waals surface area contributed by atoms with E-state index in [2.05, 4.69) is 13.3 Å². The van der Waals surface area contributed by atoms with Crippen molar-refractivity contribution in [2.45, 2.75) is 13.8 Å². The Balaban J connectivity index is 0. The van der Waals surface area contributed by atoms with Crippen LogP contribution >= 0.6 is 8.58 Å². The van der Waals surface area contributed by atoms with Gasteiger partial charge in [-0.2, -0.15) is 0 Å². The summed E-state index contributed by atoms with van der Waals surface area (Å²) in [5.74, 6) is 0.167. The Kier molecular flexibility index (Phi) is 13.7. The van der Waals surface area contributed by atoms with Crippen LogP contribution in [-0.2, 0) is 4.79 Å². The zero-order valence-electron chi connectivity index (χ0n) is 5.41. The second-order valence-electron chi connectivity index (χ2n) is 1.41. The van der Waals surface area contributed by atoms with Gasteiger partial charge in [-0.15, -0.1) is 8.58 Å². The minimum Gasteiger partial charge on any atom is -0.300 e. The molecule has 0 aliphatic carbocycles. The summed E-state index contributed by atoms with van der Waals surface area (Å²) in [4.78, 5) is 9.44. The first kappa shape index (κ1) is 10.2. The number of Topliss-reactive ketones (excluding diaryl/α,β-unsaturated/α-hetero) is 1. The highest BCUT2D eigenvalue weighted by Gasteiger charge is 1.62. The standard InChI is InChI=1S/C3H6O.C2H7P/c1-3(2)4;1-3-2/h1-2H3;3H,1-2H3. The average Bonchev–Trinajstić information content (AvgIpc) is 1.33. The van der Waals surface area contributed by atoms with E-state index in [9.17, 15) is 4.79 Å². The Morgan fingerprint density at radius 2 is 1.29 bits per heavy atom. The SMILES string of the molecule is CC(C)=O.CPC. The normalized spacial score (nSPS) is 6.29. The summed E-state index contributed by atoms with van der Waals surface area (Å²) in [7, 11) is 1.08. The van der Waals surface area contributed by atoms with Crippen LogP contribution in [0.5, 0.6) is 0 Å². The third-order valence-electron chi connectivity index (χ3n) is 0. The van der Waals surface area contributed by atoms with Crippen LogP contribution < -0.4 is 0 Å². The first-order chi connectivity index (χ1) is 3.15. The van der Waals surface area contributed by atoms with Gasteiger partial charge in [0, 0.05) is 0 Å². The van der Waals surface area contributed by atoms with Crippen LogP contribution in [0.3, 0.4) is 0 Å². The lowest BCUT2D eigenvalue weighted by atomic mass is 10.6. The molecule has 0 rings (SSSR count). The van der Waals surface area contributed by atoms with E-state index in [0.717, 1.165) is 8.58 Å². The predicted octanol–water partition coefficient (Wildman–Crippen LogP) is 1.52. The van der Waals surface area contributed by atoms with Crippen molar-refractivity contribution in [2.24, 2.45) is 0 Å². The van der Waals surface area contributed by atoms with Crippen molar-refractivity contribution in [3.63, 3.8) is 0 Å². The van der Waals surface area contributed by atoms with Gasteiger partial charge in [0.2, 0.25) is 0 Å². The fraction of sp³-hybridized carbons (Fsp3) is 0.800. The van der Waals surface area contributed by atoms with Gasteiger partial charge in [0.1, 0.15) is 5.78 Å². The Morgan fingerprint density at radius 1 is 1.29 bits per heavy atom. The molecule has 0 saturated carbocycles. The van der Waals surface area contributed by atoms with Crippen LogP contribution in [0.15, 0.2) is 0 Å². The van der Waals surface area contributed by atoms with Gasteiger partial charge in [-0.05, 0) is 27.2 Å². The molecule has 0 aromatic carbocycles. The minimum absolute atomic E-state index is 0.167. The Hall–Kier alpha value is 0.100. The highest BCUT2D eigenvalue weighted by atomic mass is 31.1. The third kappa shape index (κ3) is 10300. The summed E-state index contributed by atoms with van der Waals surface area (Å²) < 4.78 is 0. The average molecular weight is 120 g/mol. The molecule has 0 atom stereocenters. The third-order valence-corrected chi connectivity index (χ3v) is 0. The molecule has 0 radical (unpaired) electrons. The van der Waals surface area contributed by atoms with E-state index in [4.69, 9.17) is 0 Å². The predicted molar refractivity (Wildman–Crippen MR) is 36.5 cm³/mol. The topological polar surface area (TPSA) is 17.1 Å². The second-order valence-corrected chi connectivity index (χ2v) is 2.41. The van der Waals surface area contributed by atoms with Crippen molar-refractivity contribution in [1.82, 2.24) is 0 Å². The molecule has 0 heterocycles. The fourth-order valence-corrected chi connectivity index (χ4v) is 0. The molecule has 2 heteroatoms. The molecule has 0 N–H and O–H groups in total. The zero-order valence-corrected chi connectivity index (χ0v) is 6.41. The van der Waals surface area contributed by atoms with E-state index in [1.165, 1.54) is 13.8 Å². The summed E-state index contributed by atoms with van der Waals surface area (Å²) in [5, 5.41) is 0. The molecule has 0 aromatic rings. The van der Waals surface area contributed by atoms with Crippen LogP contribution in [0.4, 0.5) is 0 Å². The maximum absolute atomic E-state index is 9.44. The second kappa shape index (κ2) is 9.44. The molecule has 0 spiro atoms. The first-order valence-electron chi connectivity index (χ1n) is 2.20. The first-order valence-corrected chi connectivity index (χ1v) is 4.20. The molecule has 0 fully saturated rings. The van der Waals surface area contributed by atoms with Crippen LogP contribution in [0.25, 0.3) is 0 Å². The molecule has 7 heavy (non-hydrogen) atoms. The molecular formula is C5H13OP. The van der Waals surface area contributed by atoms with Crippen molar-refractivity contribution in [3.8, 4) is 0 Å². The van der Waals surface area contributed by atoms with Crippen LogP contribution in [0.2, 0.25) is 0 Å². The summed E-state index contributed by atoms with van der Waals surface area (Å²) in [5.41, 5.74) is 0. The van der Waals surface area contributed by atoms with Gasteiger partial charge >= 0.3 is 0 Å². The van der Waals surface area contributed by atoms with Gasteiger partial charge in [0.15, 0.2) is 0 Å². The molecule has 0 aliphatic heterocycles. The van der Waals surface area contributed by atoms with E-state index in [-0.39, 0.29) is 5.78 Å². The maximum atomic E-state index is 9.44. The smallest absolute Gasteiger partial charge is 0.126 e. The molecule has 44 valence electrons. The zero-order chi connectivity index (χ0) is 6.28. The molecule has 0 bridgehead atoms. The van der Waals surface area contributed by atoms with E-state index in [0.29, 0.717) is 0 Å². The van der Waals surface area contributed by atoms with E-state index >= 15 is 0 Å². The van der Waals surface area contributed by atoms with Crippen molar-refractivity contribution < 1.29 is 4.79 Å². The number of carbonyl (C=O) groups excluding carboxylic acids is 1. The fourth-order valence-electron chi connectivity index (χ4n) is 0. The molecule has 0 amide bonds. The summed E-state index contributed by atoms with van der Waals surface area (Å²) in [6, 6.07) is 0. The Bertz CT molecular complexity index is 39.3. The summed E-state index contributed by atoms with van der Waals surface area (Å²) in [6.45, 7) is 7.36. The lowest BCUT2D eigenvalue weighted by Crippen LogP contribution is -1.69. The number of ketones is 1. The number of hydrogen-bond acceptors (Lipinski definition) is 1. The van der Waals surface area contributed by atoms with E-state index < -0.39 is 0 Å². The van der Waals surface area contributed by atoms with Gasteiger partial charge in [-0.25, -0.2) is 0 Å². The molecular weight excluding hydrogens is 107 g/mol. The quantitative estimate of drug-likeness (QED) is 0.443. The highest BCUT2D eigenvalue weighted by Crippen LogP contribution is 1.84. The van der Waals surface area contributed by atoms with Gasteiger partial charge < -0.3 is 4.79 Å². The van der Waals surface area contributed by atoms with Crippen molar-refractivity contribution in [3.05, 3.63) is 0 Å². The van der Waals surface area contributed by atoms with Crippen molar-refractivity contribution >= 4 is 14.4 Å². The lowest BCUT2D eigenvalue weighted by molar-refractivity contribution is -0.114. The van der Waals surface area contributed by atoms with Gasteiger partial charge in [-0.3, -0.25) is 0 Å². The summed E-state index contributed by atoms with van der Waals surface area (Å²) >= 11 is 0. The number of hydrogen-bond donors (Lipinski definition) is 0. The monoisotopic (exact) mass is 120 g/mol. The Labute approximate surface area is 47.3 Å². The molecule has 0 saturated heterocycles. The van der Waals surface area contributed by atoms with Crippen molar-refractivity contribution in [1.29, 1.82) is 0 Å². The van der Waals surface area contributed by atoms with Crippen LogP contribution in [-0.4, -0.2) is 19.1 Å². The minimum atomic E-state index is 0.167. The van der Waals surface area contributed by atoms with E-state index in [1.54, 1.807) is 0 Å². The van der Waals surface area contributed by atoms with Crippen molar-refractivity contribution in [2.75, 3.05) is 13.3 Å². The van der Waals surface area contributed by atoms with E-state index in [1.807, 2.05) is 0 Å².